The third-order valence-electron chi connectivity index (χ3n) is 7.95. The summed E-state index contributed by atoms with van der Waals surface area (Å²) in [5.74, 6) is -0.661. The Morgan fingerprint density at radius 3 is 2.17 bits per heavy atom. The Hall–Kier alpha value is -5.58. The molecule has 2 atom stereocenters. The van der Waals surface area contributed by atoms with Crippen LogP contribution in [0.2, 0.25) is 0 Å². The summed E-state index contributed by atoms with van der Waals surface area (Å²) < 4.78 is 17.5. The first-order valence-corrected chi connectivity index (χ1v) is 15.6. The van der Waals surface area contributed by atoms with Gasteiger partial charge in [0, 0.05) is 17.7 Å². The van der Waals surface area contributed by atoms with E-state index in [1.165, 1.54) is 7.11 Å². The van der Waals surface area contributed by atoms with Gasteiger partial charge in [-0.25, -0.2) is 4.79 Å². The van der Waals surface area contributed by atoms with E-state index >= 15 is 0 Å². The highest BCUT2D eigenvalue weighted by Crippen LogP contribution is 2.45. The van der Waals surface area contributed by atoms with E-state index in [1.54, 1.807) is 12.2 Å². The fourth-order valence-electron chi connectivity index (χ4n) is 5.67. The molecule has 1 aliphatic heterocycles. The van der Waals surface area contributed by atoms with E-state index < -0.39 is 29.9 Å². The van der Waals surface area contributed by atoms with Crippen molar-refractivity contribution in [3.05, 3.63) is 84.9 Å². The molecular formula is C36H39N5O6. The highest BCUT2D eigenvalue weighted by Gasteiger charge is 2.27. The van der Waals surface area contributed by atoms with E-state index in [1.807, 2.05) is 72.8 Å². The van der Waals surface area contributed by atoms with Crippen molar-refractivity contribution in [3.63, 3.8) is 0 Å². The molecule has 11 nitrogen and oxygen atoms in total. The van der Waals surface area contributed by atoms with Crippen molar-refractivity contribution in [1.82, 2.24) is 16.0 Å². The third kappa shape index (κ3) is 8.18. The summed E-state index contributed by atoms with van der Waals surface area (Å²) in [6.45, 7) is 0.286. The predicted molar refractivity (Wildman–Crippen MR) is 181 cm³/mol. The number of unbranched alkanes of at least 4 members (excludes halogenated alkanes) is 1. The molecule has 0 spiro atoms. The molecule has 1 aliphatic rings. The maximum Gasteiger partial charge on any atom is 0.328 e. The van der Waals surface area contributed by atoms with E-state index in [-0.39, 0.29) is 32.0 Å². The van der Waals surface area contributed by atoms with Gasteiger partial charge in [-0.05, 0) is 59.4 Å². The zero-order chi connectivity index (χ0) is 33.2. The monoisotopic (exact) mass is 637 g/mol. The van der Waals surface area contributed by atoms with E-state index in [0.717, 1.165) is 32.7 Å². The smallest absolute Gasteiger partial charge is 0.328 e. The number of carbonyl (C=O) groups excluding carboxylic acids is 3. The van der Waals surface area contributed by atoms with Crippen LogP contribution >= 0.6 is 0 Å². The van der Waals surface area contributed by atoms with Crippen LogP contribution in [0.25, 0.3) is 32.7 Å². The molecule has 0 radical (unpaired) electrons. The van der Waals surface area contributed by atoms with Crippen LogP contribution in [-0.4, -0.2) is 62.7 Å². The van der Waals surface area contributed by atoms with Crippen molar-refractivity contribution in [1.29, 1.82) is 5.41 Å². The van der Waals surface area contributed by atoms with Crippen LogP contribution in [-0.2, 0) is 19.1 Å². The Morgan fingerprint density at radius 1 is 0.894 bits per heavy atom. The average Bonchev–Trinajstić information content (AvgIpc) is 3.08. The molecule has 4 aromatic rings. The Labute approximate surface area is 272 Å². The van der Waals surface area contributed by atoms with Gasteiger partial charge in [-0.1, -0.05) is 72.8 Å². The van der Waals surface area contributed by atoms with Gasteiger partial charge < -0.3 is 35.9 Å². The average molecular weight is 638 g/mol. The van der Waals surface area contributed by atoms with Crippen molar-refractivity contribution in [2.45, 2.75) is 37.8 Å². The summed E-state index contributed by atoms with van der Waals surface area (Å²) in [4.78, 5) is 39.4. The molecule has 0 saturated heterocycles. The zero-order valence-corrected chi connectivity index (χ0v) is 26.2. The summed E-state index contributed by atoms with van der Waals surface area (Å²) in [5.41, 5.74) is 6.98. The number of hydrogen-bond donors (Lipinski definition) is 5. The van der Waals surface area contributed by atoms with Gasteiger partial charge in [-0.15, -0.1) is 0 Å². The molecule has 4 aromatic carbocycles. The lowest BCUT2D eigenvalue weighted by atomic mass is 9.92. The number of amides is 2. The second kappa shape index (κ2) is 15.6. The molecule has 11 heteroatoms. The van der Waals surface area contributed by atoms with Gasteiger partial charge in [0.15, 0.2) is 12.6 Å². The van der Waals surface area contributed by atoms with Gasteiger partial charge in [-0.2, -0.15) is 0 Å². The van der Waals surface area contributed by atoms with Crippen LogP contribution in [0, 0.1) is 5.41 Å². The first-order chi connectivity index (χ1) is 22.9. The van der Waals surface area contributed by atoms with Gasteiger partial charge >= 0.3 is 5.97 Å². The number of ether oxygens (including phenoxy) is 3. The minimum Gasteiger partial charge on any atom is -0.489 e. The quantitative estimate of drug-likeness (QED) is 0.0691. The van der Waals surface area contributed by atoms with Gasteiger partial charge in [0.05, 0.1) is 7.11 Å². The van der Waals surface area contributed by atoms with Crippen molar-refractivity contribution in [2.75, 3.05) is 26.9 Å². The first kappa shape index (κ1) is 32.8. The number of fused-ring (bicyclic) bond motifs is 7. The molecule has 1 heterocycles. The molecule has 0 aliphatic carbocycles. The normalized spacial score (nSPS) is 17.9. The maximum absolute atomic E-state index is 13.4. The molecule has 244 valence electrons. The Kier molecular flexibility index (Phi) is 10.9. The maximum atomic E-state index is 13.4. The molecule has 0 bridgehead atoms. The molecule has 0 fully saturated rings. The summed E-state index contributed by atoms with van der Waals surface area (Å²) in [5, 5.41) is 19.5. The Balaban J connectivity index is 1.54. The standard InChI is InChI=1S/C36H39N5O6/c1-45-35(44)28-15-7-9-21-46-29-18-16-23-10-2-4-12-25(23)32(29)33-26-13-5-3-11-24(26)17-19-30(33)47-22-31(42)40-27(34(43)41-28)14-6-8-20-39-36(37)38/h2-5,7,9-13,16-19,27-28H,6,8,14-15,20-22H2,1H3,(H,40,42)(H,41,43)(H4,37,38,39)/b9-7+/t27-,28+/m1/s1. The highest BCUT2D eigenvalue weighted by atomic mass is 16.5. The second-order valence-corrected chi connectivity index (χ2v) is 11.2. The van der Waals surface area contributed by atoms with Crippen molar-refractivity contribution in [3.8, 4) is 22.6 Å². The number of methoxy groups -OCH3 is 1. The molecule has 5 rings (SSSR count). The number of benzene rings is 4. The van der Waals surface area contributed by atoms with E-state index in [4.69, 9.17) is 25.4 Å². The SMILES string of the molecule is COC(=O)[C@@H]1C/C=C/COc2ccc3ccccc3c2-c2c(ccc3ccccc23)OCC(=O)N[C@H](CCCCNC(=N)N)C(=O)N1. The summed E-state index contributed by atoms with van der Waals surface area (Å²) in [6, 6.07) is 21.8. The van der Waals surface area contributed by atoms with Crippen LogP contribution in [0.5, 0.6) is 11.5 Å². The molecule has 0 aromatic heterocycles. The van der Waals surface area contributed by atoms with E-state index in [2.05, 4.69) is 16.0 Å². The van der Waals surface area contributed by atoms with Gasteiger partial charge in [0.2, 0.25) is 5.91 Å². The van der Waals surface area contributed by atoms with E-state index in [9.17, 15) is 14.4 Å². The van der Waals surface area contributed by atoms with Crippen LogP contribution in [0.4, 0.5) is 0 Å². The first-order valence-electron chi connectivity index (χ1n) is 15.6. The van der Waals surface area contributed by atoms with Crippen molar-refractivity contribution in [2.24, 2.45) is 5.73 Å². The van der Waals surface area contributed by atoms with Crippen LogP contribution < -0.4 is 31.2 Å². The third-order valence-corrected chi connectivity index (χ3v) is 7.95. The minimum absolute atomic E-state index is 0.142. The number of nitrogens with two attached hydrogens (primary N) is 1. The number of guanidine groups is 1. The lowest BCUT2D eigenvalue weighted by molar-refractivity contribution is -0.145. The number of esters is 1. The molecule has 6 N–H and O–H groups in total. The lowest BCUT2D eigenvalue weighted by Crippen LogP contribution is -2.52. The van der Waals surface area contributed by atoms with Gasteiger partial charge in [-0.3, -0.25) is 15.0 Å². The lowest BCUT2D eigenvalue weighted by Gasteiger charge is -2.22. The Morgan fingerprint density at radius 2 is 1.53 bits per heavy atom. The summed E-state index contributed by atoms with van der Waals surface area (Å²) in [6.07, 6.45) is 5.14. The topological polar surface area (TPSA) is 165 Å². The minimum atomic E-state index is -0.971. The molecule has 0 unspecified atom stereocenters. The molecule has 0 saturated carbocycles. The van der Waals surface area contributed by atoms with Crippen LogP contribution in [0.1, 0.15) is 25.7 Å². The second-order valence-electron chi connectivity index (χ2n) is 11.2. The number of hydrogen-bond acceptors (Lipinski definition) is 7. The van der Waals surface area contributed by atoms with Crippen molar-refractivity contribution >= 4 is 45.3 Å². The highest BCUT2D eigenvalue weighted by molar-refractivity contribution is 6.09. The van der Waals surface area contributed by atoms with Gasteiger partial charge in [0.25, 0.3) is 5.91 Å². The van der Waals surface area contributed by atoms with Crippen molar-refractivity contribution < 1.29 is 28.6 Å². The molecule has 2 amide bonds. The summed E-state index contributed by atoms with van der Waals surface area (Å²) >= 11 is 0. The van der Waals surface area contributed by atoms with Crippen LogP contribution in [0.3, 0.4) is 0 Å². The number of rotatable bonds is 6. The largest absolute Gasteiger partial charge is 0.489 e. The summed E-state index contributed by atoms with van der Waals surface area (Å²) in [7, 11) is 1.26. The zero-order valence-electron chi connectivity index (χ0n) is 26.2. The predicted octanol–water partition coefficient (Wildman–Crippen LogP) is 4.17. The fraction of sp³-hybridized carbons (Fsp3) is 0.278. The Bertz CT molecular complexity index is 1810. The van der Waals surface area contributed by atoms with Gasteiger partial charge in [0.1, 0.15) is 30.2 Å². The van der Waals surface area contributed by atoms with E-state index in [0.29, 0.717) is 30.9 Å². The number of nitrogens with one attached hydrogen (secondary N) is 4. The van der Waals surface area contributed by atoms with Crippen LogP contribution in [0.15, 0.2) is 84.9 Å². The molecular weight excluding hydrogens is 598 g/mol. The molecule has 47 heavy (non-hydrogen) atoms. The number of carbonyl (C=O) groups is 3. The fourth-order valence-corrected chi connectivity index (χ4v) is 5.67.